The summed E-state index contributed by atoms with van der Waals surface area (Å²) in [6.45, 7) is 1.22. The molecule has 0 amide bonds. The Bertz CT molecular complexity index is 121. The normalized spacial score (nSPS) is 14.9. The van der Waals surface area contributed by atoms with Gasteiger partial charge >= 0.3 is 0 Å². The average Bonchev–Trinajstić information content (AvgIpc) is 1.65. The van der Waals surface area contributed by atoms with Crippen molar-refractivity contribution in [1.29, 1.82) is 0 Å². The lowest BCUT2D eigenvalue weighted by Gasteiger charge is -2.22. The van der Waals surface area contributed by atoms with Gasteiger partial charge in [-0.15, -0.1) is 0 Å². The minimum atomic E-state index is -2.03. The van der Waals surface area contributed by atoms with Gasteiger partial charge in [0.05, 0.1) is 21.8 Å². The van der Waals surface area contributed by atoms with Crippen LogP contribution in [0.25, 0.3) is 0 Å². The molecule has 0 aliphatic carbocycles. The van der Waals surface area contributed by atoms with Crippen LogP contribution >= 0.6 is 0 Å². The summed E-state index contributed by atoms with van der Waals surface area (Å²) in [6.07, 6.45) is -1.25. The highest BCUT2D eigenvalue weighted by Gasteiger charge is 2.30. The molecule has 0 aliphatic heterocycles. The monoisotopic (exact) mass is 124 g/mol. The van der Waals surface area contributed by atoms with Gasteiger partial charge in [-0.3, -0.25) is 4.79 Å². The summed E-state index contributed by atoms with van der Waals surface area (Å²) < 4.78 is 0. The number of hydrogen-bond acceptors (Lipinski definition) is 2. The van der Waals surface area contributed by atoms with Gasteiger partial charge in [0, 0.05) is 5.21 Å². The molecule has 0 aromatic rings. The molecule has 5 heteroatoms. The first-order valence-electron chi connectivity index (χ1n) is 2.38. The molecule has 0 saturated carbocycles. The first-order chi connectivity index (χ1) is 3.89. The third-order valence-corrected chi connectivity index (χ3v) is 1.06. The summed E-state index contributed by atoms with van der Waals surface area (Å²) in [5.74, 6) is -1.42. The van der Waals surface area contributed by atoms with Crippen molar-refractivity contribution < 1.29 is 15.0 Å². The van der Waals surface area contributed by atoms with Gasteiger partial charge in [0.15, 0.2) is 0 Å². The van der Waals surface area contributed by atoms with Crippen LogP contribution in [0.3, 0.4) is 0 Å². The number of carboxylic acids is 1. The Labute approximate surface area is 55.9 Å². The molecule has 0 heterocycles. The fourth-order valence-electron chi connectivity index (χ4n) is 0.179. The molecular formula is C4H6B2O3. The summed E-state index contributed by atoms with van der Waals surface area (Å²) in [5, 5.41) is 14.8. The first-order valence-corrected chi connectivity index (χ1v) is 2.38. The maximum Gasteiger partial charge on any atom is 0.294 e. The van der Waals surface area contributed by atoms with Gasteiger partial charge in [0.2, 0.25) is 0 Å². The number of hydrogen-bond donors (Lipinski definition) is 2. The van der Waals surface area contributed by atoms with E-state index in [9.17, 15) is 4.79 Å². The molecule has 3 nitrogen and oxygen atoms in total. The van der Waals surface area contributed by atoms with Crippen molar-refractivity contribution in [2.75, 3.05) is 0 Å². The molecule has 0 aromatic carbocycles. The fourth-order valence-corrected chi connectivity index (χ4v) is 0.179. The molecule has 0 rings (SSSR count). The van der Waals surface area contributed by atoms with E-state index in [0.717, 1.165) is 0 Å². The Morgan fingerprint density at radius 2 is 2.00 bits per heavy atom. The quantitative estimate of drug-likeness (QED) is 0.459. The van der Waals surface area contributed by atoms with E-state index in [1.165, 1.54) is 6.92 Å². The predicted molar refractivity (Wildman–Crippen MR) is 33.5 cm³/mol. The molecule has 0 saturated heterocycles. The van der Waals surface area contributed by atoms with E-state index in [4.69, 9.17) is 25.9 Å². The molecule has 0 bridgehead atoms. The van der Waals surface area contributed by atoms with E-state index in [1.807, 2.05) is 0 Å². The highest BCUT2D eigenvalue weighted by atomic mass is 16.4. The number of aliphatic hydroxyl groups excluding tert-OH is 1. The fraction of sp³-hybridized carbons (Fsp3) is 0.750. The van der Waals surface area contributed by atoms with Gasteiger partial charge in [-0.25, -0.2) is 0 Å². The summed E-state index contributed by atoms with van der Waals surface area (Å²) in [7, 11) is 9.86. The summed E-state index contributed by atoms with van der Waals surface area (Å²) >= 11 is 0. The summed E-state index contributed by atoms with van der Waals surface area (Å²) in [6, 6.07) is 0. The zero-order valence-electron chi connectivity index (χ0n) is 5.03. The van der Waals surface area contributed by atoms with Crippen LogP contribution in [0.1, 0.15) is 6.92 Å². The number of carbonyl (C=O) groups is 1. The SMILES string of the molecule is [B]C([B])(C(=O)O)[C@@H](C)O. The van der Waals surface area contributed by atoms with Crippen molar-refractivity contribution in [2.24, 2.45) is 0 Å². The maximum atomic E-state index is 10.1. The van der Waals surface area contributed by atoms with Crippen molar-refractivity contribution >= 4 is 21.7 Å². The number of aliphatic carboxylic acids is 1. The van der Waals surface area contributed by atoms with Gasteiger partial charge in [-0.05, 0) is 6.92 Å². The highest BCUT2D eigenvalue weighted by Crippen LogP contribution is 2.20. The van der Waals surface area contributed by atoms with Crippen LogP contribution < -0.4 is 0 Å². The van der Waals surface area contributed by atoms with Crippen molar-refractivity contribution in [2.45, 2.75) is 18.2 Å². The minimum absolute atomic E-state index is 1.22. The van der Waals surface area contributed by atoms with Crippen molar-refractivity contribution in [3.63, 3.8) is 0 Å². The van der Waals surface area contributed by atoms with Crippen molar-refractivity contribution in [3.8, 4) is 0 Å². The van der Waals surface area contributed by atoms with Gasteiger partial charge in [-0.2, -0.15) is 0 Å². The zero-order valence-corrected chi connectivity index (χ0v) is 5.03. The van der Waals surface area contributed by atoms with Crippen LogP contribution in [-0.4, -0.2) is 38.0 Å². The Morgan fingerprint density at radius 3 is 2.00 bits per heavy atom. The Balaban J connectivity index is 4.19. The second-order valence-electron chi connectivity index (χ2n) is 1.91. The van der Waals surface area contributed by atoms with E-state index >= 15 is 0 Å². The lowest BCUT2D eigenvalue weighted by molar-refractivity contribution is -0.140. The molecular weight excluding hydrogens is 118 g/mol. The zero-order chi connectivity index (χ0) is 7.65. The van der Waals surface area contributed by atoms with E-state index in [0.29, 0.717) is 0 Å². The standard InChI is InChI=1S/C4H6B2O3/c1-2(7)4(5,6)3(8)9/h2,7H,1H3,(H,8,9)/t2-/m1/s1. The molecule has 0 aromatic heterocycles. The lowest BCUT2D eigenvalue weighted by Crippen LogP contribution is -2.34. The second-order valence-corrected chi connectivity index (χ2v) is 1.91. The topological polar surface area (TPSA) is 57.5 Å². The van der Waals surface area contributed by atoms with Gasteiger partial charge in [0.1, 0.15) is 0 Å². The predicted octanol–water partition coefficient (Wildman–Crippen LogP) is -1.09. The van der Waals surface area contributed by atoms with Gasteiger partial charge in [0.25, 0.3) is 5.97 Å². The van der Waals surface area contributed by atoms with E-state index in [1.54, 1.807) is 0 Å². The molecule has 2 N–H and O–H groups in total. The largest absolute Gasteiger partial charge is 0.482 e. The van der Waals surface area contributed by atoms with E-state index in [2.05, 4.69) is 0 Å². The van der Waals surface area contributed by atoms with Crippen LogP contribution in [-0.2, 0) is 4.79 Å². The van der Waals surface area contributed by atoms with E-state index < -0.39 is 17.3 Å². The van der Waals surface area contributed by atoms with Gasteiger partial charge < -0.3 is 10.2 Å². The summed E-state index contributed by atoms with van der Waals surface area (Å²) in [5.41, 5.74) is 0. The smallest absolute Gasteiger partial charge is 0.294 e. The number of carboxylic acid groups (broad SMARTS) is 1. The van der Waals surface area contributed by atoms with Crippen molar-refractivity contribution in [3.05, 3.63) is 0 Å². The van der Waals surface area contributed by atoms with Crippen LogP contribution in [0.2, 0.25) is 5.21 Å². The van der Waals surface area contributed by atoms with Crippen LogP contribution in [0.5, 0.6) is 0 Å². The number of aliphatic hydroxyl groups is 1. The molecule has 0 unspecified atom stereocenters. The Hall–Kier alpha value is -0.440. The summed E-state index contributed by atoms with van der Waals surface area (Å²) in [4.78, 5) is 10.1. The third kappa shape index (κ3) is 1.75. The number of rotatable bonds is 2. The minimum Gasteiger partial charge on any atom is -0.482 e. The third-order valence-electron chi connectivity index (χ3n) is 1.06. The first kappa shape index (κ1) is 8.56. The van der Waals surface area contributed by atoms with Gasteiger partial charge in [-0.1, -0.05) is 0 Å². The van der Waals surface area contributed by atoms with Crippen LogP contribution in [0.15, 0.2) is 0 Å². The van der Waals surface area contributed by atoms with Crippen LogP contribution in [0.4, 0.5) is 0 Å². The lowest BCUT2D eigenvalue weighted by atomic mass is 9.52. The molecule has 4 radical (unpaired) electrons. The van der Waals surface area contributed by atoms with E-state index in [-0.39, 0.29) is 0 Å². The second kappa shape index (κ2) is 2.43. The molecule has 1 atom stereocenters. The van der Waals surface area contributed by atoms with Crippen LogP contribution in [0, 0.1) is 0 Å². The Morgan fingerprint density at radius 1 is 1.67 bits per heavy atom. The molecule has 0 aliphatic rings. The molecule has 9 heavy (non-hydrogen) atoms. The maximum absolute atomic E-state index is 10.1. The molecule has 0 spiro atoms. The average molecular weight is 124 g/mol. The Kier molecular flexibility index (Phi) is 2.32. The van der Waals surface area contributed by atoms with Crippen molar-refractivity contribution in [1.82, 2.24) is 0 Å². The molecule has 46 valence electrons. The molecule has 0 fully saturated rings. The highest BCUT2D eigenvalue weighted by molar-refractivity contribution is 6.50.